The fraction of sp³-hybridized carbons (Fsp3) is 0.571. The largest absolute Gasteiger partial charge is 0.498 e. The zero-order chi connectivity index (χ0) is 33.2. The van der Waals surface area contributed by atoms with Gasteiger partial charge in [0.2, 0.25) is 0 Å². The zero-order valence-electron chi connectivity index (χ0n) is 27.2. The van der Waals surface area contributed by atoms with E-state index in [0.717, 1.165) is 77.6 Å². The van der Waals surface area contributed by atoms with Gasteiger partial charge in [0.1, 0.15) is 12.8 Å². The molecule has 2 unspecified atom stereocenters. The molecule has 10 nitrogen and oxygen atoms in total. The molecule has 3 amide bonds. The lowest BCUT2D eigenvalue weighted by Crippen LogP contribution is -2.80. The minimum Gasteiger partial charge on any atom is -0.498 e. The molecule has 4 heterocycles. The summed E-state index contributed by atoms with van der Waals surface area (Å²) in [5.74, 6) is 0. The van der Waals surface area contributed by atoms with E-state index in [9.17, 15) is 19.5 Å². The fourth-order valence-corrected chi connectivity index (χ4v) is 9.42. The van der Waals surface area contributed by atoms with Crippen LogP contribution in [-0.2, 0) is 17.8 Å². The molecule has 47 heavy (non-hydrogen) atoms. The van der Waals surface area contributed by atoms with Crippen molar-refractivity contribution in [1.82, 2.24) is 19.6 Å². The highest BCUT2D eigenvalue weighted by Gasteiger charge is 2.61. The number of hydrogen-bond donors (Lipinski definition) is 1. The Balaban J connectivity index is 1.33. The Bertz CT molecular complexity index is 1460. The van der Waals surface area contributed by atoms with Gasteiger partial charge in [-0.15, -0.1) is 0 Å². The van der Waals surface area contributed by atoms with Gasteiger partial charge in [0.05, 0.1) is 13.0 Å². The van der Waals surface area contributed by atoms with Crippen LogP contribution in [0.1, 0.15) is 50.2 Å². The van der Waals surface area contributed by atoms with Crippen molar-refractivity contribution in [2.75, 3.05) is 64.2 Å². The van der Waals surface area contributed by atoms with Crippen molar-refractivity contribution in [2.24, 2.45) is 0 Å². The van der Waals surface area contributed by atoms with Crippen LogP contribution in [0.2, 0.25) is 0 Å². The molecular formula is C35H46Br2N6O4. The molecule has 2 aromatic carbocycles. The van der Waals surface area contributed by atoms with E-state index < -0.39 is 11.8 Å². The molecule has 0 aliphatic carbocycles. The lowest BCUT2D eigenvalue weighted by atomic mass is 9.81. The first-order valence-electron chi connectivity index (χ1n) is 17.0. The summed E-state index contributed by atoms with van der Waals surface area (Å²) < 4.78 is 1.35. The van der Waals surface area contributed by atoms with Crippen molar-refractivity contribution in [3.63, 3.8) is 0 Å². The molecule has 1 N–H and O–H groups in total. The Hall–Kier alpha value is -2.35. The van der Waals surface area contributed by atoms with E-state index in [-0.39, 0.29) is 36.1 Å². The highest BCUT2D eigenvalue weighted by atomic mass is 79.9. The number of likely N-dealkylation sites (N-methyl/N-ethyl adjacent to an activating group) is 1. The first-order chi connectivity index (χ1) is 22.7. The van der Waals surface area contributed by atoms with Gasteiger partial charge < -0.3 is 29.8 Å². The second-order valence-corrected chi connectivity index (χ2v) is 15.3. The normalized spacial score (nSPS) is 28.4. The number of para-hydroxylation sites is 1. The van der Waals surface area contributed by atoms with Crippen LogP contribution in [0.3, 0.4) is 0 Å². The molecule has 12 heteroatoms. The maximum absolute atomic E-state index is 13.7. The minimum absolute atomic E-state index is 0.0463. The summed E-state index contributed by atoms with van der Waals surface area (Å²) in [6.07, 6.45) is 3.16. The number of likely N-dealkylation sites (tertiary alicyclic amines) is 2. The average Bonchev–Trinajstić information content (AvgIpc) is 3.25. The predicted octanol–water partition coefficient (Wildman–Crippen LogP) is 4.51. The SMILES string of the molecule is CCN1CCN(C2CCN(C3(CC=O)CC(N4CCc5ccccc5NC4=O)CC[N@+]3(Cc3ccc(Br)c(Br)c3)C(=O)[O-])CC2)CC1. The van der Waals surface area contributed by atoms with Gasteiger partial charge in [0, 0.05) is 90.9 Å². The van der Waals surface area contributed by atoms with Crippen molar-refractivity contribution >= 4 is 56.0 Å². The first-order valence-corrected chi connectivity index (χ1v) is 18.6. The molecule has 0 bridgehead atoms. The number of carbonyl (C=O) groups is 3. The number of carboxylic acid groups (broad SMARTS) is 1. The molecule has 4 aliphatic rings. The number of rotatable bonds is 8. The van der Waals surface area contributed by atoms with Crippen LogP contribution >= 0.6 is 31.9 Å². The molecule has 6 rings (SSSR count). The van der Waals surface area contributed by atoms with Gasteiger partial charge in [-0.25, -0.2) is 4.79 Å². The van der Waals surface area contributed by atoms with Crippen LogP contribution in [0.5, 0.6) is 0 Å². The summed E-state index contributed by atoms with van der Waals surface area (Å²) in [6, 6.07) is 13.7. The van der Waals surface area contributed by atoms with Crippen molar-refractivity contribution in [1.29, 1.82) is 0 Å². The van der Waals surface area contributed by atoms with Crippen molar-refractivity contribution in [3.05, 3.63) is 62.5 Å². The second-order valence-electron chi connectivity index (χ2n) is 13.6. The quantitative estimate of drug-likeness (QED) is 0.312. The molecule has 4 aliphatic heterocycles. The van der Waals surface area contributed by atoms with E-state index in [0.29, 0.717) is 44.9 Å². The van der Waals surface area contributed by atoms with Gasteiger partial charge in [0.25, 0.3) is 6.09 Å². The number of urea groups is 1. The highest BCUT2D eigenvalue weighted by Crippen LogP contribution is 2.46. The molecule has 254 valence electrons. The molecular weight excluding hydrogens is 728 g/mol. The van der Waals surface area contributed by atoms with Crippen LogP contribution < -0.4 is 10.4 Å². The van der Waals surface area contributed by atoms with Gasteiger partial charge in [-0.2, -0.15) is 0 Å². The van der Waals surface area contributed by atoms with Crippen molar-refractivity contribution < 1.29 is 24.0 Å². The Morgan fingerprint density at radius 2 is 1.74 bits per heavy atom. The van der Waals surface area contributed by atoms with E-state index in [1.165, 1.54) is 0 Å². The molecule has 0 aromatic heterocycles. The molecule has 3 saturated heterocycles. The number of fused-ring (bicyclic) bond motifs is 1. The third-order valence-corrected chi connectivity index (χ3v) is 13.3. The lowest BCUT2D eigenvalue weighted by molar-refractivity contribution is -0.956. The molecule has 0 spiro atoms. The fourth-order valence-electron chi connectivity index (χ4n) is 8.75. The minimum atomic E-state index is -1.17. The number of benzene rings is 2. The maximum atomic E-state index is 13.7. The Kier molecular flexibility index (Phi) is 10.7. The first kappa shape index (κ1) is 34.5. The number of hydrogen-bond acceptors (Lipinski definition) is 7. The van der Waals surface area contributed by atoms with Gasteiger partial charge >= 0.3 is 6.03 Å². The average molecular weight is 775 g/mol. The van der Waals surface area contributed by atoms with E-state index >= 15 is 0 Å². The van der Waals surface area contributed by atoms with Crippen LogP contribution in [0.4, 0.5) is 15.3 Å². The number of carbonyl (C=O) groups excluding carboxylic acids is 3. The van der Waals surface area contributed by atoms with E-state index in [1.54, 1.807) is 0 Å². The number of aldehydes is 1. The van der Waals surface area contributed by atoms with Gasteiger partial charge in [-0.1, -0.05) is 31.2 Å². The Morgan fingerprint density at radius 3 is 2.43 bits per heavy atom. The number of piperazine rings is 1. The van der Waals surface area contributed by atoms with Crippen LogP contribution in [0, 0.1) is 0 Å². The molecule has 0 saturated carbocycles. The summed E-state index contributed by atoms with van der Waals surface area (Å²) in [6.45, 7) is 9.86. The maximum Gasteiger partial charge on any atom is 0.322 e. The molecule has 0 radical (unpaired) electrons. The Morgan fingerprint density at radius 1 is 1.00 bits per heavy atom. The summed E-state index contributed by atoms with van der Waals surface area (Å²) >= 11 is 7.14. The predicted molar refractivity (Wildman–Crippen MR) is 187 cm³/mol. The summed E-state index contributed by atoms with van der Waals surface area (Å²) in [5.41, 5.74) is 1.68. The number of nitrogens with one attached hydrogen (secondary N) is 1. The zero-order valence-corrected chi connectivity index (χ0v) is 30.4. The lowest BCUT2D eigenvalue weighted by Gasteiger charge is -2.62. The van der Waals surface area contributed by atoms with E-state index in [1.807, 2.05) is 47.4 Å². The smallest absolute Gasteiger partial charge is 0.322 e. The third kappa shape index (κ3) is 6.78. The van der Waals surface area contributed by atoms with Gasteiger partial charge in [0.15, 0.2) is 5.66 Å². The number of piperidine rings is 2. The van der Waals surface area contributed by atoms with Crippen molar-refractivity contribution in [3.8, 4) is 0 Å². The van der Waals surface area contributed by atoms with Gasteiger partial charge in [-0.05, 0) is 81.4 Å². The third-order valence-electron chi connectivity index (χ3n) is 11.4. The number of halogens is 2. The second kappa shape index (κ2) is 14.6. The standard InChI is InChI=1S/C35H46Br2N6O4/c1-2-39-17-19-40(20-18-39)28-10-14-41(15-11-28)35(13-22-44)24-29(42-16-9-27-5-3-4-6-32(27)38-33(42)45)12-21-43(35,34(46)47)25-26-7-8-30(36)31(37)23-26/h3-8,22-23,28-29H,2,9-21,24-25H2,1H3,(H-,38,45,46,47)/t29?,35?,43-/m0/s1. The number of anilines is 1. The molecule has 2 aromatic rings. The van der Waals surface area contributed by atoms with Crippen molar-refractivity contribution in [2.45, 2.75) is 69.7 Å². The van der Waals surface area contributed by atoms with E-state index in [4.69, 9.17) is 0 Å². The number of nitrogens with zero attached hydrogens (tertiary/aromatic N) is 5. The van der Waals surface area contributed by atoms with E-state index in [2.05, 4.69) is 58.8 Å². The van der Waals surface area contributed by atoms with Crippen LogP contribution in [-0.4, -0.2) is 119 Å². The van der Waals surface area contributed by atoms with Gasteiger partial charge in [-0.3, -0.25) is 14.3 Å². The topological polar surface area (TPSA) is 99.3 Å². The molecule has 3 atom stereocenters. The van der Waals surface area contributed by atoms with Crippen LogP contribution in [0.15, 0.2) is 51.4 Å². The summed E-state index contributed by atoms with van der Waals surface area (Å²) in [4.78, 5) is 49.4. The molecule has 3 fully saturated rings. The summed E-state index contributed by atoms with van der Waals surface area (Å²) in [5, 5.41) is 16.8. The highest BCUT2D eigenvalue weighted by molar-refractivity contribution is 9.13. The Labute approximate surface area is 294 Å². The summed E-state index contributed by atoms with van der Waals surface area (Å²) in [7, 11) is 0. The monoisotopic (exact) mass is 772 g/mol. The number of quaternary nitrogens is 1. The van der Waals surface area contributed by atoms with Crippen LogP contribution in [0.25, 0.3) is 0 Å². The number of amides is 3.